The van der Waals surface area contributed by atoms with Gasteiger partial charge in [0, 0.05) is 0 Å². The Hall–Kier alpha value is -1.04. The molecule has 76 valence electrons. The van der Waals surface area contributed by atoms with Crippen molar-refractivity contribution in [2.75, 3.05) is 0 Å². The van der Waals surface area contributed by atoms with E-state index in [0.29, 0.717) is 0 Å². The summed E-state index contributed by atoms with van der Waals surface area (Å²) >= 11 is 0. The van der Waals surface area contributed by atoms with Crippen molar-refractivity contribution in [3.63, 3.8) is 0 Å². The molecule has 0 atom stereocenters. The molecule has 0 saturated heterocycles. The van der Waals surface area contributed by atoms with Crippen LogP contribution in [-0.2, 0) is 0 Å². The van der Waals surface area contributed by atoms with Gasteiger partial charge in [-0.15, -0.1) is 0 Å². The van der Waals surface area contributed by atoms with Gasteiger partial charge >= 0.3 is 0 Å². The highest BCUT2D eigenvalue weighted by Crippen LogP contribution is 2.20. The van der Waals surface area contributed by atoms with E-state index in [9.17, 15) is 0 Å². The van der Waals surface area contributed by atoms with Gasteiger partial charge in [-0.25, -0.2) is 0 Å². The molecular weight excluding hydrogens is 168 g/mol. The lowest BCUT2D eigenvalue weighted by atomic mass is 9.98. The quantitative estimate of drug-likeness (QED) is 0.655. The molecule has 0 heteroatoms. The van der Waals surface area contributed by atoms with E-state index in [4.69, 9.17) is 0 Å². The molecule has 0 amide bonds. The zero-order valence-corrected chi connectivity index (χ0v) is 9.72. The van der Waals surface area contributed by atoms with Crippen molar-refractivity contribution in [1.82, 2.24) is 0 Å². The van der Waals surface area contributed by atoms with Crippen LogP contribution in [0, 0.1) is 13.8 Å². The summed E-state index contributed by atoms with van der Waals surface area (Å²) in [7, 11) is 0. The number of benzene rings is 1. The fourth-order valence-corrected chi connectivity index (χ4v) is 1.63. The lowest BCUT2D eigenvalue weighted by molar-refractivity contribution is 0.959. The molecule has 0 nitrogen and oxygen atoms in total. The average molecular weight is 188 g/mol. The zero-order chi connectivity index (χ0) is 10.6. The Balaban J connectivity index is 2.99. The fraction of sp³-hybridized carbons (Fsp3) is 0.429. The van der Waals surface area contributed by atoms with E-state index in [1.165, 1.54) is 35.1 Å². The highest BCUT2D eigenvalue weighted by atomic mass is 14.0. The monoisotopic (exact) mass is 188 g/mol. The summed E-state index contributed by atoms with van der Waals surface area (Å²) in [5.74, 6) is 0. The van der Waals surface area contributed by atoms with Gasteiger partial charge in [0.2, 0.25) is 0 Å². The summed E-state index contributed by atoms with van der Waals surface area (Å²) in [6, 6.07) is 6.65. The van der Waals surface area contributed by atoms with Gasteiger partial charge in [-0.2, -0.15) is 0 Å². The Morgan fingerprint density at radius 3 is 2.64 bits per heavy atom. The maximum Gasteiger partial charge on any atom is -0.0199 e. The Bertz CT molecular complexity index is 332. The zero-order valence-electron chi connectivity index (χ0n) is 9.72. The van der Waals surface area contributed by atoms with E-state index in [-0.39, 0.29) is 0 Å². The molecule has 0 N–H and O–H groups in total. The number of unbranched alkanes of at least 4 members (excludes halogenated alkanes) is 1. The van der Waals surface area contributed by atoms with E-state index < -0.39 is 0 Å². The third-order valence-electron chi connectivity index (χ3n) is 2.56. The SMILES string of the molecule is CCCC=C(C)c1cc(C)ccc1C. The molecule has 0 radical (unpaired) electrons. The number of hydrogen-bond acceptors (Lipinski definition) is 0. The normalized spacial score (nSPS) is 11.9. The molecule has 1 aromatic rings. The summed E-state index contributed by atoms with van der Waals surface area (Å²) in [5, 5.41) is 0. The van der Waals surface area contributed by atoms with Crippen molar-refractivity contribution in [2.45, 2.75) is 40.5 Å². The molecule has 0 heterocycles. The summed E-state index contributed by atoms with van der Waals surface area (Å²) in [5.41, 5.74) is 5.53. The minimum atomic E-state index is 1.18. The minimum absolute atomic E-state index is 1.18. The van der Waals surface area contributed by atoms with Crippen LogP contribution in [0.1, 0.15) is 43.4 Å². The van der Waals surface area contributed by atoms with Crippen LogP contribution >= 0.6 is 0 Å². The van der Waals surface area contributed by atoms with E-state index >= 15 is 0 Å². The summed E-state index contributed by atoms with van der Waals surface area (Å²) < 4.78 is 0. The first kappa shape index (κ1) is 11.0. The van der Waals surface area contributed by atoms with Crippen molar-refractivity contribution in [1.29, 1.82) is 0 Å². The Kier molecular flexibility index (Phi) is 3.94. The van der Waals surface area contributed by atoms with E-state index in [2.05, 4.69) is 52.0 Å². The highest BCUT2D eigenvalue weighted by molar-refractivity contribution is 5.66. The van der Waals surface area contributed by atoms with E-state index in [1.807, 2.05) is 0 Å². The summed E-state index contributed by atoms with van der Waals surface area (Å²) in [4.78, 5) is 0. The second kappa shape index (κ2) is 4.99. The van der Waals surface area contributed by atoms with Crippen LogP contribution in [0.25, 0.3) is 5.57 Å². The van der Waals surface area contributed by atoms with Gasteiger partial charge in [0.1, 0.15) is 0 Å². The fourth-order valence-electron chi connectivity index (χ4n) is 1.63. The lowest BCUT2D eigenvalue weighted by Crippen LogP contribution is -1.87. The topological polar surface area (TPSA) is 0 Å². The third-order valence-corrected chi connectivity index (χ3v) is 2.56. The Morgan fingerprint density at radius 2 is 2.00 bits per heavy atom. The van der Waals surface area contributed by atoms with Gasteiger partial charge in [0.25, 0.3) is 0 Å². The second-order valence-corrected chi connectivity index (χ2v) is 3.99. The predicted octanol–water partition coefficient (Wildman–Crippen LogP) is 4.51. The molecule has 1 aromatic carbocycles. The number of hydrogen-bond donors (Lipinski definition) is 0. The maximum atomic E-state index is 2.34. The molecule has 0 fully saturated rings. The van der Waals surface area contributed by atoms with Crippen LogP contribution in [0.2, 0.25) is 0 Å². The second-order valence-electron chi connectivity index (χ2n) is 3.99. The first-order valence-electron chi connectivity index (χ1n) is 5.39. The molecule has 0 bridgehead atoms. The molecule has 14 heavy (non-hydrogen) atoms. The van der Waals surface area contributed by atoms with Crippen LogP contribution in [0.5, 0.6) is 0 Å². The number of aryl methyl sites for hydroxylation is 2. The Morgan fingerprint density at radius 1 is 1.29 bits per heavy atom. The lowest BCUT2D eigenvalue weighted by Gasteiger charge is -2.07. The summed E-state index contributed by atoms with van der Waals surface area (Å²) in [6.07, 6.45) is 4.74. The van der Waals surface area contributed by atoms with Crippen molar-refractivity contribution < 1.29 is 0 Å². The molecule has 0 aliphatic rings. The van der Waals surface area contributed by atoms with Gasteiger partial charge in [-0.1, -0.05) is 43.2 Å². The molecule has 0 saturated carbocycles. The van der Waals surface area contributed by atoms with Crippen molar-refractivity contribution in [2.24, 2.45) is 0 Å². The number of rotatable bonds is 3. The molecule has 0 aliphatic carbocycles. The van der Waals surface area contributed by atoms with Gasteiger partial charge in [0.05, 0.1) is 0 Å². The van der Waals surface area contributed by atoms with Gasteiger partial charge < -0.3 is 0 Å². The third kappa shape index (κ3) is 2.73. The smallest absolute Gasteiger partial charge is 0.0199 e. The Labute approximate surface area is 87.7 Å². The van der Waals surface area contributed by atoms with Gasteiger partial charge in [-0.3, -0.25) is 0 Å². The van der Waals surface area contributed by atoms with E-state index in [0.717, 1.165) is 0 Å². The minimum Gasteiger partial charge on any atom is -0.0810 e. The van der Waals surface area contributed by atoms with Crippen molar-refractivity contribution in [3.05, 3.63) is 41.0 Å². The molecule has 1 rings (SSSR count). The first-order valence-corrected chi connectivity index (χ1v) is 5.39. The van der Waals surface area contributed by atoms with Crippen molar-refractivity contribution >= 4 is 5.57 Å². The van der Waals surface area contributed by atoms with Crippen LogP contribution in [0.4, 0.5) is 0 Å². The van der Waals surface area contributed by atoms with E-state index in [1.54, 1.807) is 0 Å². The largest absolute Gasteiger partial charge is 0.0810 e. The van der Waals surface area contributed by atoms with Crippen molar-refractivity contribution in [3.8, 4) is 0 Å². The van der Waals surface area contributed by atoms with Crippen LogP contribution in [-0.4, -0.2) is 0 Å². The number of allylic oxidation sites excluding steroid dienone is 2. The highest BCUT2D eigenvalue weighted by Gasteiger charge is 1.99. The molecule has 0 aliphatic heterocycles. The van der Waals surface area contributed by atoms with Gasteiger partial charge in [-0.05, 0) is 43.9 Å². The van der Waals surface area contributed by atoms with Crippen LogP contribution in [0.3, 0.4) is 0 Å². The average Bonchev–Trinajstić information content (AvgIpc) is 2.18. The molecular formula is C14H20. The van der Waals surface area contributed by atoms with Crippen LogP contribution < -0.4 is 0 Å². The maximum absolute atomic E-state index is 2.34. The predicted molar refractivity (Wildman–Crippen MR) is 64.5 cm³/mol. The first-order chi connectivity index (χ1) is 6.65. The van der Waals surface area contributed by atoms with Gasteiger partial charge in [0.15, 0.2) is 0 Å². The standard InChI is InChI=1S/C14H20/c1-5-6-7-12(3)14-10-11(2)8-9-13(14)4/h7-10H,5-6H2,1-4H3. The summed E-state index contributed by atoms with van der Waals surface area (Å²) in [6.45, 7) is 8.75. The molecule has 0 aromatic heterocycles. The molecule has 0 spiro atoms. The van der Waals surface area contributed by atoms with Crippen LogP contribution in [0.15, 0.2) is 24.3 Å². The molecule has 0 unspecified atom stereocenters.